The lowest BCUT2D eigenvalue weighted by Gasteiger charge is -2.43. The van der Waals surface area contributed by atoms with Crippen LogP contribution in [0.4, 0.5) is 10.1 Å². The zero-order valence-corrected chi connectivity index (χ0v) is 13.8. The van der Waals surface area contributed by atoms with Gasteiger partial charge in [0, 0.05) is 6.54 Å². The summed E-state index contributed by atoms with van der Waals surface area (Å²) in [6, 6.07) is 1.33. The monoisotopic (exact) mass is 346 g/mol. The van der Waals surface area contributed by atoms with E-state index in [-0.39, 0.29) is 24.1 Å². The Morgan fingerprint density at radius 3 is 2.60 bits per heavy atom. The highest BCUT2D eigenvalue weighted by Gasteiger charge is 2.34. The van der Waals surface area contributed by atoms with Crippen molar-refractivity contribution in [2.24, 2.45) is 0 Å². The molecule has 3 heterocycles. The Morgan fingerprint density at radius 1 is 1.36 bits per heavy atom. The molecule has 1 atom stereocenters. The van der Waals surface area contributed by atoms with Crippen LogP contribution in [0.15, 0.2) is 17.1 Å². The fourth-order valence-electron chi connectivity index (χ4n) is 3.78. The molecule has 2 aromatic rings. The topological polar surface area (TPSA) is 82.2 Å². The van der Waals surface area contributed by atoms with Gasteiger partial charge in [0.2, 0.25) is 0 Å². The van der Waals surface area contributed by atoms with Crippen molar-refractivity contribution in [2.75, 3.05) is 18.1 Å². The summed E-state index contributed by atoms with van der Waals surface area (Å²) in [6.45, 7) is 2.35. The van der Waals surface area contributed by atoms with Gasteiger partial charge in [-0.1, -0.05) is 0 Å². The first kappa shape index (κ1) is 16.1. The summed E-state index contributed by atoms with van der Waals surface area (Å²) >= 11 is 0. The molecule has 1 unspecified atom stereocenters. The molecule has 2 N–H and O–H groups in total. The van der Waals surface area contributed by atoms with Gasteiger partial charge < -0.3 is 15.1 Å². The summed E-state index contributed by atoms with van der Waals surface area (Å²) in [5.74, 6) is -1.67. The molecule has 0 spiro atoms. The Hall–Kier alpha value is -2.41. The first-order valence-electron chi connectivity index (χ1n) is 8.43. The summed E-state index contributed by atoms with van der Waals surface area (Å²) in [5, 5.41) is 18.7. The minimum atomic E-state index is -1.30. The smallest absolute Gasteiger partial charge is 0.341 e. The number of nitrogens with zero attached hydrogens (tertiary/aromatic N) is 2. The second-order valence-electron chi connectivity index (χ2n) is 6.89. The van der Waals surface area contributed by atoms with Crippen LogP contribution < -0.4 is 10.5 Å². The number of aromatic nitrogens is 1. The number of anilines is 1. The first-order valence-corrected chi connectivity index (χ1v) is 8.43. The van der Waals surface area contributed by atoms with E-state index in [0.29, 0.717) is 23.3 Å². The second-order valence-corrected chi connectivity index (χ2v) is 6.89. The van der Waals surface area contributed by atoms with Crippen LogP contribution in [0.1, 0.15) is 46.7 Å². The lowest BCUT2D eigenvalue weighted by Crippen LogP contribution is -2.50. The predicted molar refractivity (Wildman–Crippen MR) is 90.1 cm³/mol. The summed E-state index contributed by atoms with van der Waals surface area (Å²) in [5.41, 5.74) is 1.35. The third kappa shape index (κ3) is 2.33. The predicted octanol–water partition coefficient (Wildman–Crippen LogP) is 1.89. The molecule has 7 heteroatoms. The summed E-state index contributed by atoms with van der Waals surface area (Å²) in [4.78, 5) is 25.7. The molecule has 1 aliphatic carbocycles. The van der Waals surface area contributed by atoms with Crippen molar-refractivity contribution < 1.29 is 19.4 Å². The minimum Gasteiger partial charge on any atom is -0.477 e. The van der Waals surface area contributed by atoms with Crippen LogP contribution in [0.3, 0.4) is 0 Å². The van der Waals surface area contributed by atoms with E-state index in [1.54, 1.807) is 6.92 Å². The van der Waals surface area contributed by atoms with Gasteiger partial charge in [0.05, 0.1) is 30.0 Å². The van der Waals surface area contributed by atoms with Gasteiger partial charge in [0.15, 0.2) is 5.82 Å². The van der Waals surface area contributed by atoms with Crippen molar-refractivity contribution >= 4 is 17.2 Å². The number of aryl methyl sites for hydroxylation is 1. The van der Waals surface area contributed by atoms with Gasteiger partial charge in [-0.15, -0.1) is 0 Å². The van der Waals surface area contributed by atoms with Gasteiger partial charge in [0.25, 0.3) is 5.56 Å². The van der Waals surface area contributed by atoms with Crippen LogP contribution >= 0.6 is 0 Å². The molecule has 2 aromatic heterocycles. The number of aliphatic hydroxyl groups excluding tert-OH is 1. The second kappa shape index (κ2) is 5.56. The van der Waals surface area contributed by atoms with E-state index in [9.17, 15) is 24.2 Å². The maximum atomic E-state index is 14.8. The fraction of sp³-hybridized carbons (Fsp3) is 0.444. The largest absolute Gasteiger partial charge is 0.477 e. The van der Waals surface area contributed by atoms with Crippen LogP contribution in [0.25, 0.3) is 5.52 Å². The highest BCUT2D eigenvalue weighted by Crippen LogP contribution is 2.44. The number of rotatable bonds is 4. The zero-order valence-electron chi connectivity index (χ0n) is 13.8. The number of aromatic carboxylic acids is 1. The van der Waals surface area contributed by atoms with Crippen LogP contribution in [-0.2, 0) is 0 Å². The molecule has 4 rings (SSSR count). The molecule has 6 nitrogen and oxygen atoms in total. The Kier molecular flexibility index (Phi) is 3.57. The average molecular weight is 346 g/mol. The van der Waals surface area contributed by atoms with Gasteiger partial charge in [0.1, 0.15) is 5.56 Å². The number of hydrogen-bond acceptors (Lipinski definition) is 4. The molecule has 1 saturated carbocycles. The molecular weight excluding hydrogens is 327 g/mol. The summed E-state index contributed by atoms with van der Waals surface area (Å²) < 4.78 is 15.9. The van der Waals surface area contributed by atoms with E-state index in [1.807, 2.05) is 4.90 Å². The highest BCUT2D eigenvalue weighted by atomic mass is 19.1. The van der Waals surface area contributed by atoms with Crippen molar-refractivity contribution in [1.82, 2.24) is 4.40 Å². The number of hydrogen-bond donors (Lipinski definition) is 2. The lowest BCUT2D eigenvalue weighted by molar-refractivity contribution is 0.0694. The zero-order chi connectivity index (χ0) is 17.9. The molecule has 132 valence electrons. The number of carbonyl (C=O) groups is 1. The Balaban J connectivity index is 2.03. The molecule has 1 saturated heterocycles. The number of pyridine rings is 2. The lowest BCUT2D eigenvalue weighted by atomic mass is 9.98. The van der Waals surface area contributed by atoms with Gasteiger partial charge in [-0.05, 0) is 49.3 Å². The number of aliphatic hydroxyl groups is 1. The van der Waals surface area contributed by atoms with Gasteiger partial charge in [-0.2, -0.15) is 0 Å². The maximum absolute atomic E-state index is 14.8. The van der Waals surface area contributed by atoms with E-state index < -0.39 is 17.3 Å². The van der Waals surface area contributed by atoms with Crippen molar-refractivity contribution in [1.29, 1.82) is 0 Å². The Labute approximate surface area is 143 Å². The number of carboxylic acids is 1. The SMILES string of the molecule is Cc1c(N2CCC2CO)c(F)cn2c(=O)c(C(=O)O)cc(C3CC3)c12. The number of halogens is 1. The van der Waals surface area contributed by atoms with E-state index in [2.05, 4.69) is 0 Å². The summed E-state index contributed by atoms with van der Waals surface area (Å²) in [7, 11) is 0. The molecule has 1 aliphatic heterocycles. The minimum absolute atomic E-state index is 0.0513. The molecule has 0 amide bonds. The van der Waals surface area contributed by atoms with Gasteiger partial charge in [-0.25, -0.2) is 9.18 Å². The quantitative estimate of drug-likeness (QED) is 0.883. The first-order chi connectivity index (χ1) is 11.9. The van der Waals surface area contributed by atoms with Crippen molar-refractivity contribution in [3.63, 3.8) is 0 Å². The molecule has 2 aliphatic rings. The van der Waals surface area contributed by atoms with E-state index in [0.717, 1.165) is 35.4 Å². The number of fused-ring (bicyclic) bond motifs is 1. The van der Waals surface area contributed by atoms with Crippen LogP contribution in [0, 0.1) is 12.7 Å². The van der Waals surface area contributed by atoms with Crippen LogP contribution in [0.5, 0.6) is 0 Å². The van der Waals surface area contributed by atoms with Crippen LogP contribution in [-0.4, -0.2) is 39.8 Å². The van der Waals surface area contributed by atoms with E-state index in [1.165, 1.54) is 6.07 Å². The molecule has 25 heavy (non-hydrogen) atoms. The fourth-order valence-corrected chi connectivity index (χ4v) is 3.78. The van der Waals surface area contributed by atoms with Crippen molar-refractivity contribution in [3.05, 3.63) is 45.1 Å². The number of carboxylic acid groups (broad SMARTS) is 1. The normalized spacial score (nSPS) is 20.0. The Bertz CT molecular complexity index is 946. The molecule has 2 fully saturated rings. The standard InChI is InChI=1S/C18H19FN2O4/c1-9-15-12(10-2-3-10)6-13(18(24)25)17(23)21(15)7-14(19)16(9)20-5-4-11(20)8-22/h6-7,10-11,22H,2-5,8H2,1H3,(H,24,25). The molecule has 0 radical (unpaired) electrons. The third-order valence-electron chi connectivity index (χ3n) is 5.33. The molecule has 0 bridgehead atoms. The van der Waals surface area contributed by atoms with Gasteiger partial charge >= 0.3 is 5.97 Å². The van der Waals surface area contributed by atoms with E-state index in [4.69, 9.17) is 0 Å². The average Bonchev–Trinajstić information content (AvgIpc) is 3.36. The van der Waals surface area contributed by atoms with E-state index >= 15 is 0 Å². The molecular formula is C18H19FN2O4. The van der Waals surface area contributed by atoms with Gasteiger partial charge in [-0.3, -0.25) is 9.20 Å². The highest BCUT2D eigenvalue weighted by molar-refractivity contribution is 5.89. The van der Waals surface area contributed by atoms with Crippen molar-refractivity contribution in [2.45, 2.75) is 38.1 Å². The maximum Gasteiger partial charge on any atom is 0.341 e. The summed E-state index contributed by atoms with van der Waals surface area (Å²) in [6.07, 6.45) is 3.75. The van der Waals surface area contributed by atoms with Crippen molar-refractivity contribution in [3.8, 4) is 0 Å². The third-order valence-corrected chi connectivity index (χ3v) is 5.33. The van der Waals surface area contributed by atoms with Crippen LogP contribution in [0.2, 0.25) is 0 Å². The Morgan fingerprint density at radius 2 is 2.08 bits per heavy atom. The molecule has 0 aromatic carbocycles.